The van der Waals surface area contributed by atoms with E-state index in [9.17, 15) is 14.9 Å². The Hall–Kier alpha value is -2.57. The largest absolute Gasteiger partial charge is 0.490 e. The fourth-order valence-corrected chi connectivity index (χ4v) is 2.80. The van der Waals surface area contributed by atoms with Gasteiger partial charge in [-0.05, 0) is 57.2 Å². The maximum atomic E-state index is 12.1. The van der Waals surface area contributed by atoms with Crippen molar-refractivity contribution in [2.45, 2.75) is 39.2 Å². The Labute approximate surface area is 153 Å². The van der Waals surface area contributed by atoms with Crippen LogP contribution in [0.3, 0.4) is 0 Å². The van der Waals surface area contributed by atoms with Crippen LogP contribution in [0, 0.1) is 16.0 Å². The molecular formula is C19H26N2O5. The van der Waals surface area contributed by atoms with Crippen LogP contribution in [-0.2, 0) is 4.74 Å². The predicted molar refractivity (Wildman–Crippen MR) is 99.2 cm³/mol. The molecule has 0 unspecified atom stereocenters. The second kappa shape index (κ2) is 8.21. The molecule has 7 heteroatoms. The Balaban J connectivity index is 1.93. The van der Waals surface area contributed by atoms with Crippen LogP contribution >= 0.6 is 0 Å². The standard InChI is InChI=1S/C19H26N2O5/c1-19(2,3)26-18(22)20-11-9-14(10-12-20)5-6-15-7-8-16(21(23)24)17(13-15)25-4/h5-8,13-14H,9-12H2,1-4H3/b6-5+. The van der Waals surface area contributed by atoms with Crippen LogP contribution in [0.2, 0.25) is 0 Å². The number of hydrogen-bond acceptors (Lipinski definition) is 5. The van der Waals surface area contributed by atoms with Crippen molar-refractivity contribution in [3.05, 3.63) is 40.0 Å². The van der Waals surface area contributed by atoms with Gasteiger partial charge in [0.1, 0.15) is 5.60 Å². The van der Waals surface area contributed by atoms with Crippen molar-refractivity contribution < 1.29 is 19.2 Å². The lowest BCUT2D eigenvalue weighted by molar-refractivity contribution is -0.385. The molecule has 26 heavy (non-hydrogen) atoms. The first-order chi connectivity index (χ1) is 12.2. The highest BCUT2D eigenvalue weighted by Gasteiger charge is 2.26. The second-order valence-electron chi connectivity index (χ2n) is 7.35. The SMILES string of the molecule is COc1cc(/C=C/C2CCN(C(=O)OC(C)(C)C)CC2)ccc1[N+](=O)[O-]. The molecule has 7 nitrogen and oxygen atoms in total. The van der Waals surface area contributed by atoms with E-state index in [-0.39, 0.29) is 17.5 Å². The summed E-state index contributed by atoms with van der Waals surface area (Å²) in [4.78, 5) is 24.3. The number of ether oxygens (including phenoxy) is 2. The van der Waals surface area contributed by atoms with Crippen molar-refractivity contribution in [3.63, 3.8) is 0 Å². The van der Waals surface area contributed by atoms with Gasteiger partial charge in [-0.1, -0.05) is 12.2 Å². The molecule has 1 aliphatic heterocycles. The molecule has 1 amide bonds. The topological polar surface area (TPSA) is 81.9 Å². The number of nitrogens with zero attached hydrogens (tertiary/aromatic N) is 2. The summed E-state index contributed by atoms with van der Waals surface area (Å²) >= 11 is 0. The number of amides is 1. The zero-order valence-electron chi connectivity index (χ0n) is 15.7. The molecule has 1 fully saturated rings. The zero-order valence-corrected chi connectivity index (χ0v) is 15.7. The lowest BCUT2D eigenvalue weighted by atomic mass is 9.96. The summed E-state index contributed by atoms with van der Waals surface area (Å²) in [5.41, 5.74) is 0.320. The summed E-state index contributed by atoms with van der Waals surface area (Å²) in [7, 11) is 1.42. The highest BCUT2D eigenvalue weighted by molar-refractivity contribution is 5.68. The van der Waals surface area contributed by atoms with Gasteiger partial charge in [-0.3, -0.25) is 10.1 Å². The smallest absolute Gasteiger partial charge is 0.410 e. The lowest BCUT2D eigenvalue weighted by Crippen LogP contribution is -2.41. The number of carbonyl (C=O) groups excluding carboxylic acids is 1. The number of benzene rings is 1. The molecular weight excluding hydrogens is 336 g/mol. The quantitative estimate of drug-likeness (QED) is 0.590. The molecule has 0 saturated carbocycles. The number of hydrogen-bond donors (Lipinski definition) is 0. The molecule has 1 aromatic carbocycles. The molecule has 2 rings (SSSR count). The molecule has 0 aliphatic carbocycles. The number of allylic oxidation sites excluding steroid dienone is 1. The van der Waals surface area contributed by atoms with Crippen LogP contribution in [0.4, 0.5) is 10.5 Å². The average Bonchev–Trinajstić information content (AvgIpc) is 2.58. The van der Waals surface area contributed by atoms with Crippen molar-refractivity contribution in [3.8, 4) is 5.75 Å². The van der Waals surface area contributed by atoms with Crippen molar-refractivity contribution >= 4 is 17.9 Å². The van der Waals surface area contributed by atoms with E-state index in [1.807, 2.05) is 26.8 Å². The summed E-state index contributed by atoms with van der Waals surface area (Å²) in [6, 6.07) is 4.81. The minimum atomic E-state index is -0.483. The number of likely N-dealkylation sites (tertiary alicyclic amines) is 1. The number of carbonyl (C=O) groups is 1. The van der Waals surface area contributed by atoms with Crippen LogP contribution in [0.25, 0.3) is 6.08 Å². The third kappa shape index (κ3) is 5.47. The van der Waals surface area contributed by atoms with Gasteiger partial charge in [0.15, 0.2) is 5.75 Å². The fourth-order valence-electron chi connectivity index (χ4n) is 2.80. The van der Waals surface area contributed by atoms with Crippen LogP contribution in [0.15, 0.2) is 24.3 Å². The minimum absolute atomic E-state index is 0.0460. The van der Waals surface area contributed by atoms with Gasteiger partial charge in [-0.25, -0.2) is 4.79 Å². The Morgan fingerprint density at radius 2 is 1.96 bits per heavy atom. The number of methoxy groups -OCH3 is 1. The maximum absolute atomic E-state index is 12.1. The van der Waals surface area contributed by atoms with Crippen LogP contribution < -0.4 is 4.74 Å². The lowest BCUT2D eigenvalue weighted by Gasteiger charge is -2.32. The monoisotopic (exact) mass is 362 g/mol. The maximum Gasteiger partial charge on any atom is 0.410 e. The number of rotatable bonds is 4. The van der Waals surface area contributed by atoms with E-state index in [0.717, 1.165) is 18.4 Å². The van der Waals surface area contributed by atoms with Gasteiger partial charge in [-0.15, -0.1) is 0 Å². The summed E-state index contributed by atoms with van der Waals surface area (Å²) in [5.74, 6) is 0.603. The number of nitro benzene ring substituents is 1. The van der Waals surface area contributed by atoms with Crippen molar-refractivity contribution in [1.29, 1.82) is 0 Å². The molecule has 0 aromatic heterocycles. The summed E-state index contributed by atoms with van der Waals surface area (Å²) in [6.07, 6.45) is 5.49. The van der Waals surface area contributed by atoms with E-state index < -0.39 is 10.5 Å². The highest BCUT2D eigenvalue weighted by Crippen LogP contribution is 2.29. The van der Waals surface area contributed by atoms with E-state index in [1.54, 1.807) is 17.0 Å². The number of nitro groups is 1. The van der Waals surface area contributed by atoms with Gasteiger partial charge in [-0.2, -0.15) is 0 Å². The molecule has 142 valence electrons. The van der Waals surface area contributed by atoms with Crippen LogP contribution in [-0.4, -0.2) is 41.7 Å². The molecule has 0 bridgehead atoms. The summed E-state index contributed by atoms with van der Waals surface area (Å²) in [5, 5.41) is 10.9. The van der Waals surface area contributed by atoms with Crippen LogP contribution in [0.1, 0.15) is 39.2 Å². The molecule has 0 radical (unpaired) electrons. The van der Waals surface area contributed by atoms with Gasteiger partial charge in [0.05, 0.1) is 12.0 Å². The van der Waals surface area contributed by atoms with Gasteiger partial charge >= 0.3 is 11.8 Å². The van der Waals surface area contributed by atoms with Gasteiger partial charge in [0.2, 0.25) is 0 Å². The third-order valence-corrected chi connectivity index (χ3v) is 4.15. The Kier molecular flexibility index (Phi) is 6.23. The first-order valence-corrected chi connectivity index (χ1v) is 8.68. The van der Waals surface area contributed by atoms with Crippen molar-refractivity contribution in [1.82, 2.24) is 4.90 Å². The molecule has 1 aliphatic rings. The van der Waals surface area contributed by atoms with Gasteiger partial charge < -0.3 is 14.4 Å². The van der Waals surface area contributed by atoms with E-state index >= 15 is 0 Å². The first kappa shape index (κ1) is 19.8. The van der Waals surface area contributed by atoms with Crippen LogP contribution in [0.5, 0.6) is 5.75 Å². The van der Waals surface area contributed by atoms with E-state index in [0.29, 0.717) is 19.0 Å². The van der Waals surface area contributed by atoms with Crippen molar-refractivity contribution in [2.24, 2.45) is 5.92 Å². The molecule has 0 atom stereocenters. The van der Waals surface area contributed by atoms with E-state index in [2.05, 4.69) is 6.08 Å². The zero-order chi connectivity index (χ0) is 19.3. The molecule has 1 saturated heterocycles. The summed E-state index contributed by atoms with van der Waals surface area (Å²) in [6.45, 7) is 6.90. The second-order valence-corrected chi connectivity index (χ2v) is 7.35. The summed E-state index contributed by atoms with van der Waals surface area (Å²) < 4.78 is 10.5. The molecule has 0 N–H and O–H groups in total. The van der Waals surface area contributed by atoms with E-state index in [1.165, 1.54) is 13.2 Å². The Bertz CT molecular complexity index is 686. The molecule has 0 spiro atoms. The molecule has 1 heterocycles. The van der Waals surface area contributed by atoms with Crippen molar-refractivity contribution in [2.75, 3.05) is 20.2 Å². The first-order valence-electron chi connectivity index (χ1n) is 8.68. The normalized spacial score (nSPS) is 15.9. The Morgan fingerprint density at radius 1 is 1.31 bits per heavy atom. The number of piperidine rings is 1. The Morgan fingerprint density at radius 3 is 2.50 bits per heavy atom. The molecule has 1 aromatic rings. The van der Waals surface area contributed by atoms with E-state index in [4.69, 9.17) is 9.47 Å². The highest BCUT2D eigenvalue weighted by atomic mass is 16.6. The van der Waals surface area contributed by atoms with Gasteiger partial charge in [0.25, 0.3) is 0 Å². The predicted octanol–water partition coefficient (Wildman–Crippen LogP) is 4.26. The fraction of sp³-hybridized carbons (Fsp3) is 0.526. The average molecular weight is 362 g/mol. The third-order valence-electron chi connectivity index (χ3n) is 4.15. The minimum Gasteiger partial charge on any atom is -0.490 e. The van der Waals surface area contributed by atoms with Gasteiger partial charge in [0, 0.05) is 19.2 Å².